The molecule has 1 aliphatic heterocycles. The number of benzene rings is 1. The van der Waals surface area contributed by atoms with Crippen molar-refractivity contribution in [1.82, 2.24) is 5.32 Å². The molecule has 1 fully saturated rings. The number of rotatable bonds is 2. The van der Waals surface area contributed by atoms with Gasteiger partial charge in [0, 0.05) is 13.1 Å². The van der Waals surface area contributed by atoms with Gasteiger partial charge in [0.1, 0.15) is 0 Å². The number of hydrogen-bond donors (Lipinski definition) is 1. The fraction of sp³-hybridized carbons (Fsp3) is 0.500. The summed E-state index contributed by atoms with van der Waals surface area (Å²) in [6, 6.07) is 5.53. The summed E-state index contributed by atoms with van der Waals surface area (Å²) < 4.78 is 43.7. The first-order valence-electron chi connectivity index (χ1n) is 6.38. The van der Waals surface area contributed by atoms with Crippen molar-refractivity contribution < 1.29 is 22.7 Å². The van der Waals surface area contributed by atoms with Gasteiger partial charge in [0.25, 0.3) is 0 Å². The van der Waals surface area contributed by atoms with Crippen LogP contribution in [0.3, 0.4) is 0 Å². The summed E-state index contributed by atoms with van der Waals surface area (Å²) in [5.41, 5.74) is -0.390. The van der Waals surface area contributed by atoms with Gasteiger partial charge in [-0.15, -0.1) is 12.4 Å². The Morgan fingerprint density at radius 1 is 1.29 bits per heavy atom. The lowest BCUT2D eigenvalue weighted by Crippen LogP contribution is -2.39. The highest BCUT2D eigenvalue weighted by molar-refractivity contribution is 5.85. The molecule has 0 aromatic heterocycles. The lowest BCUT2D eigenvalue weighted by Gasteiger charge is -2.30. The van der Waals surface area contributed by atoms with E-state index in [1.54, 1.807) is 6.07 Å². The Morgan fingerprint density at radius 3 is 2.57 bits per heavy atom. The van der Waals surface area contributed by atoms with Crippen molar-refractivity contribution in [3.05, 3.63) is 35.4 Å². The van der Waals surface area contributed by atoms with E-state index in [0.717, 1.165) is 6.07 Å². The van der Waals surface area contributed by atoms with Crippen molar-refractivity contribution in [1.29, 1.82) is 0 Å². The topological polar surface area (TPSA) is 38.3 Å². The molecule has 0 radical (unpaired) electrons. The Morgan fingerprint density at radius 2 is 1.95 bits per heavy atom. The first kappa shape index (κ1) is 17.8. The summed E-state index contributed by atoms with van der Waals surface area (Å²) in [7, 11) is 1.29. The smallest absolute Gasteiger partial charge is 0.416 e. The fourth-order valence-corrected chi connectivity index (χ4v) is 2.64. The van der Waals surface area contributed by atoms with E-state index in [9.17, 15) is 18.0 Å². The molecule has 3 nitrogen and oxygen atoms in total. The van der Waals surface area contributed by atoms with E-state index in [-0.39, 0.29) is 29.9 Å². The Bertz CT molecular complexity index is 493. The Balaban J connectivity index is 0.00000220. The molecule has 7 heteroatoms. The minimum atomic E-state index is -4.38. The van der Waals surface area contributed by atoms with Crippen LogP contribution < -0.4 is 5.32 Å². The number of carbonyl (C=O) groups excluding carboxylic acids is 1. The molecule has 0 saturated carbocycles. The average molecular weight is 324 g/mol. The monoisotopic (exact) mass is 323 g/mol. The second-order valence-electron chi connectivity index (χ2n) is 4.90. The van der Waals surface area contributed by atoms with Gasteiger partial charge in [0.15, 0.2) is 0 Å². The van der Waals surface area contributed by atoms with Crippen molar-refractivity contribution in [3.63, 3.8) is 0 Å². The van der Waals surface area contributed by atoms with Gasteiger partial charge >= 0.3 is 12.1 Å². The van der Waals surface area contributed by atoms with Crippen LogP contribution in [0.25, 0.3) is 0 Å². The molecule has 1 aliphatic rings. The van der Waals surface area contributed by atoms with Gasteiger partial charge in [-0.2, -0.15) is 13.2 Å². The summed E-state index contributed by atoms with van der Waals surface area (Å²) in [6.45, 7) is 0.873. The third-order valence-electron chi connectivity index (χ3n) is 3.59. The minimum absolute atomic E-state index is 0. The van der Waals surface area contributed by atoms with Crippen LogP contribution in [0.4, 0.5) is 13.2 Å². The van der Waals surface area contributed by atoms with Gasteiger partial charge in [-0.1, -0.05) is 18.2 Å². The highest BCUT2D eigenvalue weighted by Gasteiger charge is 2.37. The molecular formula is C14H17ClF3NO2. The number of esters is 1. The molecule has 0 aliphatic carbocycles. The first-order chi connectivity index (χ1) is 9.43. The third-order valence-corrected chi connectivity index (χ3v) is 3.59. The summed E-state index contributed by atoms with van der Waals surface area (Å²) in [4.78, 5) is 11.5. The number of piperidine rings is 1. The van der Waals surface area contributed by atoms with Crippen LogP contribution in [0.15, 0.2) is 24.3 Å². The molecule has 118 valence electrons. The van der Waals surface area contributed by atoms with Crippen molar-refractivity contribution >= 4 is 18.4 Å². The molecule has 1 saturated heterocycles. The molecule has 1 N–H and O–H groups in total. The molecule has 1 heterocycles. The molecule has 0 spiro atoms. The summed E-state index contributed by atoms with van der Waals surface area (Å²) in [5.74, 6) is -1.13. The van der Waals surface area contributed by atoms with Crippen LogP contribution in [0.5, 0.6) is 0 Å². The summed E-state index contributed by atoms with van der Waals surface area (Å²) in [5, 5.41) is 3.01. The lowest BCUT2D eigenvalue weighted by atomic mass is 9.83. The van der Waals surface area contributed by atoms with E-state index >= 15 is 0 Å². The van der Waals surface area contributed by atoms with Crippen LogP contribution in [-0.2, 0) is 15.7 Å². The van der Waals surface area contributed by atoms with E-state index in [4.69, 9.17) is 0 Å². The molecule has 21 heavy (non-hydrogen) atoms. The second kappa shape index (κ2) is 7.13. The standard InChI is InChI=1S/C14H16F3NO2.ClH/c1-20-13(19)10-6-9(7-18-8-10)11-4-2-3-5-12(11)14(15,16)17;/h2-5,9-10,18H,6-8H2,1H3;1H. The summed E-state index contributed by atoms with van der Waals surface area (Å²) >= 11 is 0. The van der Waals surface area contributed by atoms with Gasteiger partial charge < -0.3 is 10.1 Å². The zero-order chi connectivity index (χ0) is 14.8. The Hall–Kier alpha value is -1.27. The van der Waals surface area contributed by atoms with E-state index in [1.807, 2.05) is 0 Å². The molecule has 1 aromatic carbocycles. The number of nitrogens with one attached hydrogen (secondary N) is 1. The molecule has 0 amide bonds. The molecule has 2 unspecified atom stereocenters. The van der Waals surface area contributed by atoms with Gasteiger partial charge in [0.05, 0.1) is 18.6 Å². The average Bonchev–Trinajstić information content (AvgIpc) is 2.45. The highest BCUT2D eigenvalue weighted by atomic mass is 35.5. The molecule has 0 bridgehead atoms. The maximum absolute atomic E-state index is 13.0. The fourth-order valence-electron chi connectivity index (χ4n) is 2.64. The van der Waals surface area contributed by atoms with Crippen molar-refractivity contribution in [2.75, 3.05) is 20.2 Å². The minimum Gasteiger partial charge on any atom is -0.469 e. The van der Waals surface area contributed by atoms with E-state index in [0.29, 0.717) is 19.5 Å². The Labute approximate surface area is 127 Å². The number of halogens is 4. The van der Waals surface area contributed by atoms with Crippen LogP contribution >= 0.6 is 12.4 Å². The molecule has 2 atom stereocenters. The van der Waals surface area contributed by atoms with Crippen LogP contribution in [0.1, 0.15) is 23.5 Å². The van der Waals surface area contributed by atoms with Crippen LogP contribution in [0.2, 0.25) is 0 Å². The predicted octanol–water partition coefficient (Wildman–Crippen LogP) is 2.99. The molecular weight excluding hydrogens is 307 g/mol. The first-order valence-corrected chi connectivity index (χ1v) is 6.38. The quantitative estimate of drug-likeness (QED) is 0.850. The van der Waals surface area contributed by atoms with Crippen molar-refractivity contribution in [3.8, 4) is 0 Å². The van der Waals surface area contributed by atoms with Gasteiger partial charge in [-0.25, -0.2) is 0 Å². The molecule has 2 rings (SSSR count). The summed E-state index contributed by atoms with van der Waals surface area (Å²) in [6.07, 6.45) is -4.01. The Kier molecular flexibility index (Phi) is 6.04. The maximum atomic E-state index is 13.0. The van der Waals surface area contributed by atoms with Crippen molar-refractivity contribution in [2.24, 2.45) is 5.92 Å². The number of methoxy groups -OCH3 is 1. The largest absolute Gasteiger partial charge is 0.469 e. The van der Waals surface area contributed by atoms with Crippen LogP contribution in [-0.4, -0.2) is 26.2 Å². The maximum Gasteiger partial charge on any atom is 0.416 e. The normalized spacial score (nSPS) is 22.3. The van der Waals surface area contributed by atoms with Gasteiger partial charge in [-0.05, 0) is 24.0 Å². The number of carbonyl (C=O) groups is 1. The zero-order valence-corrected chi connectivity index (χ0v) is 12.3. The SMILES string of the molecule is COC(=O)C1CNCC(c2ccccc2C(F)(F)F)C1.Cl. The lowest BCUT2D eigenvalue weighted by molar-refractivity contribution is -0.146. The van der Waals surface area contributed by atoms with E-state index < -0.39 is 17.7 Å². The number of alkyl halides is 3. The van der Waals surface area contributed by atoms with Crippen molar-refractivity contribution in [2.45, 2.75) is 18.5 Å². The zero-order valence-electron chi connectivity index (χ0n) is 11.4. The van der Waals surface area contributed by atoms with E-state index in [1.165, 1.54) is 19.2 Å². The number of hydrogen-bond acceptors (Lipinski definition) is 3. The van der Waals surface area contributed by atoms with Crippen LogP contribution in [0, 0.1) is 5.92 Å². The van der Waals surface area contributed by atoms with Gasteiger partial charge in [-0.3, -0.25) is 4.79 Å². The third kappa shape index (κ3) is 4.11. The number of ether oxygens (including phenoxy) is 1. The van der Waals surface area contributed by atoms with Gasteiger partial charge in [0.2, 0.25) is 0 Å². The second-order valence-corrected chi connectivity index (χ2v) is 4.90. The van der Waals surface area contributed by atoms with E-state index in [2.05, 4.69) is 10.1 Å². The highest BCUT2D eigenvalue weighted by Crippen LogP contribution is 2.37. The molecule has 1 aromatic rings. The predicted molar refractivity (Wildman–Crippen MR) is 74.4 cm³/mol.